The van der Waals surface area contributed by atoms with Crippen LogP contribution >= 0.6 is 11.6 Å². The minimum absolute atomic E-state index is 0.0225. The van der Waals surface area contributed by atoms with Crippen LogP contribution < -0.4 is 9.50 Å². The third kappa shape index (κ3) is 4.87. The molecule has 8 heteroatoms. The Morgan fingerprint density at radius 1 is 1.17 bits per heavy atom. The molecule has 1 amide bonds. The molecule has 2 rings (SSSR count). The van der Waals surface area contributed by atoms with Gasteiger partial charge in [-0.25, -0.2) is 4.79 Å². The maximum absolute atomic E-state index is 12.2. The van der Waals surface area contributed by atoms with Gasteiger partial charge in [-0.2, -0.15) is 8.42 Å². The van der Waals surface area contributed by atoms with Crippen LogP contribution in [-0.4, -0.2) is 21.1 Å². The number of anilines is 1. The van der Waals surface area contributed by atoms with Crippen LogP contribution in [0.3, 0.4) is 0 Å². The molecule has 0 bridgehead atoms. The van der Waals surface area contributed by atoms with Gasteiger partial charge in [0.2, 0.25) is 0 Å². The van der Waals surface area contributed by atoms with Gasteiger partial charge in [0.1, 0.15) is 10.6 Å². The molecule has 1 N–H and O–H groups in total. The Hall–Kier alpha value is -2.25. The molecular formula is C15H14ClNO5S. The predicted molar refractivity (Wildman–Crippen MR) is 86.4 cm³/mol. The fourth-order valence-corrected chi connectivity index (χ4v) is 2.74. The molecule has 0 aliphatic rings. The fourth-order valence-electron chi connectivity index (χ4n) is 1.69. The molecule has 0 aliphatic heterocycles. The molecule has 0 fully saturated rings. The average molecular weight is 356 g/mol. The first kappa shape index (κ1) is 17.1. The van der Waals surface area contributed by atoms with Crippen molar-refractivity contribution in [3.05, 3.63) is 53.6 Å². The second-order valence-electron chi connectivity index (χ2n) is 4.36. The first-order valence-corrected chi connectivity index (χ1v) is 8.43. The number of hydrogen-bond acceptors (Lipinski definition) is 5. The highest BCUT2D eigenvalue weighted by Gasteiger charge is 2.16. The maximum Gasteiger partial charge on any atom is 0.411 e. The topological polar surface area (TPSA) is 81.7 Å². The average Bonchev–Trinajstić information content (AvgIpc) is 2.47. The molecule has 2 aromatic carbocycles. The number of carbonyl (C=O) groups excluding carboxylic acids is 1. The van der Waals surface area contributed by atoms with E-state index in [-0.39, 0.29) is 17.3 Å². The molecule has 0 saturated heterocycles. The molecule has 0 atom stereocenters. The lowest BCUT2D eigenvalue weighted by atomic mass is 10.3. The zero-order valence-corrected chi connectivity index (χ0v) is 13.7. The summed E-state index contributed by atoms with van der Waals surface area (Å²) in [5.41, 5.74) is 0.354. The number of benzene rings is 2. The molecule has 122 valence electrons. The largest absolute Gasteiger partial charge is 0.450 e. The summed E-state index contributed by atoms with van der Waals surface area (Å²) in [6, 6.07) is 11.6. The van der Waals surface area contributed by atoms with Crippen molar-refractivity contribution < 1.29 is 22.1 Å². The first-order valence-electron chi connectivity index (χ1n) is 6.64. The highest BCUT2D eigenvalue weighted by atomic mass is 35.5. The van der Waals surface area contributed by atoms with Gasteiger partial charge in [-0.3, -0.25) is 5.32 Å². The molecule has 23 heavy (non-hydrogen) atoms. The van der Waals surface area contributed by atoms with Crippen LogP contribution in [0.15, 0.2) is 53.4 Å². The summed E-state index contributed by atoms with van der Waals surface area (Å²) in [5.74, 6) is 0.0641. The van der Waals surface area contributed by atoms with Gasteiger partial charge in [-0.1, -0.05) is 17.7 Å². The van der Waals surface area contributed by atoms with Crippen LogP contribution in [0.4, 0.5) is 10.5 Å². The van der Waals surface area contributed by atoms with Crippen molar-refractivity contribution in [2.24, 2.45) is 0 Å². The summed E-state index contributed by atoms with van der Waals surface area (Å²) in [5, 5.41) is 2.88. The lowest BCUT2D eigenvalue weighted by Gasteiger charge is -2.09. The lowest BCUT2D eigenvalue weighted by molar-refractivity contribution is 0.168. The minimum Gasteiger partial charge on any atom is -0.450 e. The van der Waals surface area contributed by atoms with Crippen molar-refractivity contribution in [2.45, 2.75) is 11.8 Å². The van der Waals surface area contributed by atoms with Gasteiger partial charge in [0.15, 0.2) is 0 Å². The number of carbonyl (C=O) groups is 1. The van der Waals surface area contributed by atoms with E-state index in [0.717, 1.165) is 0 Å². The second kappa shape index (κ2) is 7.34. The van der Waals surface area contributed by atoms with Gasteiger partial charge < -0.3 is 8.92 Å². The van der Waals surface area contributed by atoms with Crippen LogP contribution in [0, 0.1) is 0 Å². The summed E-state index contributed by atoms with van der Waals surface area (Å²) in [4.78, 5) is 11.3. The Kier molecular flexibility index (Phi) is 5.46. The molecule has 0 aromatic heterocycles. The molecule has 2 aromatic rings. The van der Waals surface area contributed by atoms with E-state index in [4.69, 9.17) is 20.5 Å². The van der Waals surface area contributed by atoms with E-state index in [1.54, 1.807) is 19.1 Å². The van der Waals surface area contributed by atoms with Crippen molar-refractivity contribution in [2.75, 3.05) is 11.9 Å². The number of hydrogen-bond donors (Lipinski definition) is 1. The Morgan fingerprint density at radius 3 is 2.52 bits per heavy atom. The fraction of sp³-hybridized carbons (Fsp3) is 0.133. The SMILES string of the molecule is CCOC(=O)Nc1cccc(OS(=O)(=O)c2ccc(Cl)cc2)c1. The zero-order chi connectivity index (χ0) is 16.9. The van der Waals surface area contributed by atoms with Crippen molar-refractivity contribution in [3.8, 4) is 5.75 Å². The number of ether oxygens (including phenoxy) is 1. The molecular weight excluding hydrogens is 342 g/mol. The van der Waals surface area contributed by atoms with Crippen molar-refractivity contribution in [1.82, 2.24) is 0 Å². The van der Waals surface area contributed by atoms with E-state index < -0.39 is 16.2 Å². The van der Waals surface area contributed by atoms with Crippen LogP contribution in [0.5, 0.6) is 5.75 Å². The summed E-state index contributed by atoms with van der Waals surface area (Å²) in [6.07, 6.45) is -0.634. The molecule has 0 aliphatic carbocycles. The summed E-state index contributed by atoms with van der Waals surface area (Å²) in [6.45, 7) is 1.91. The summed E-state index contributed by atoms with van der Waals surface area (Å²) in [7, 11) is -3.99. The van der Waals surface area contributed by atoms with E-state index in [2.05, 4.69) is 5.32 Å². The quantitative estimate of drug-likeness (QED) is 0.827. The standard InChI is InChI=1S/C15H14ClNO5S/c1-2-21-15(18)17-12-4-3-5-13(10-12)22-23(19,20)14-8-6-11(16)7-9-14/h3-10H,2H2,1H3,(H,17,18). The van der Waals surface area contributed by atoms with Gasteiger partial charge in [0, 0.05) is 16.8 Å². The van der Waals surface area contributed by atoms with E-state index in [1.165, 1.54) is 36.4 Å². The molecule has 0 unspecified atom stereocenters. The second-order valence-corrected chi connectivity index (χ2v) is 6.35. The molecule has 0 spiro atoms. The van der Waals surface area contributed by atoms with Crippen LogP contribution in [-0.2, 0) is 14.9 Å². The van der Waals surface area contributed by atoms with Gasteiger partial charge in [-0.15, -0.1) is 0 Å². The normalized spacial score (nSPS) is 10.9. The Balaban J connectivity index is 2.16. The van der Waals surface area contributed by atoms with E-state index in [1.807, 2.05) is 0 Å². The lowest BCUT2D eigenvalue weighted by Crippen LogP contribution is -2.13. The van der Waals surface area contributed by atoms with E-state index in [9.17, 15) is 13.2 Å². The van der Waals surface area contributed by atoms with E-state index >= 15 is 0 Å². The third-order valence-electron chi connectivity index (χ3n) is 2.66. The molecule has 0 radical (unpaired) electrons. The Bertz CT molecular complexity index is 790. The van der Waals surface area contributed by atoms with E-state index in [0.29, 0.717) is 10.7 Å². The summed E-state index contributed by atoms with van der Waals surface area (Å²) < 4.78 is 34.1. The van der Waals surface area contributed by atoms with Crippen LogP contribution in [0.25, 0.3) is 0 Å². The Morgan fingerprint density at radius 2 is 1.87 bits per heavy atom. The van der Waals surface area contributed by atoms with Crippen LogP contribution in [0.1, 0.15) is 6.92 Å². The highest BCUT2D eigenvalue weighted by Crippen LogP contribution is 2.23. The number of rotatable bonds is 5. The molecule has 0 heterocycles. The monoisotopic (exact) mass is 355 g/mol. The van der Waals surface area contributed by atoms with Crippen molar-refractivity contribution in [3.63, 3.8) is 0 Å². The third-order valence-corrected chi connectivity index (χ3v) is 4.18. The number of nitrogens with one attached hydrogen (secondary N) is 1. The van der Waals surface area contributed by atoms with Crippen molar-refractivity contribution in [1.29, 1.82) is 0 Å². The smallest absolute Gasteiger partial charge is 0.411 e. The van der Waals surface area contributed by atoms with Crippen molar-refractivity contribution >= 4 is 33.5 Å². The predicted octanol–water partition coefficient (Wildman–Crippen LogP) is 3.68. The first-order chi connectivity index (χ1) is 10.9. The highest BCUT2D eigenvalue weighted by molar-refractivity contribution is 7.87. The van der Waals surface area contributed by atoms with Crippen LogP contribution in [0.2, 0.25) is 5.02 Å². The summed E-state index contributed by atoms with van der Waals surface area (Å²) >= 11 is 5.73. The van der Waals surface area contributed by atoms with Gasteiger partial charge in [-0.05, 0) is 43.3 Å². The molecule has 0 saturated carbocycles. The number of halogens is 1. The Labute approximate surface area is 139 Å². The number of amides is 1. The van der Waals surface area contributed by atoms with Gasteiger partial charge >= 0.3 is 16.2 Å². The minimum atomic E-state index is -3.99. The van der Waals surface area contributed by atoms with Gasteiger partial charge in [0.05, 0.1) is 6.61 Å². The van der Waals surface area contributed by atoms with Gasteiger partial charge in [0.25, 0.3) is 0 Å². The zero-order valence-electron chi connectivity index (χ0n) is 12.2. The molecule has 6 nitrogen and oxygen atoms in total. The maximum atomic E-state index is 12.2.